The summed E-state index contributed by atoms with van der Waals surface area (Å²) in [4.78, 5) is 1.21. The highest BCUT2D eigenvalue weighted by molar-refractivity contribution is 7.16. The highest BCUT2D eigenvalue weighted by Crippen LogP contribution is 2.28. The first kappa shape index (κ1) is 12.0. The lowest BCUT2D eigenvalue weighted by Crippen LogP contribution is -2.08. The van der Waals surface area contributed by atoms with Crippen LogP contribution in [0.1, 0.15) is 44.0 Å². The molecule has 0 saturated carbocycles. The average molecular weight is 232 g/mol. The molecular weight excluding hydrogens is 214 g/mol. The standard InChI is InChI=1S/C11H18ClNS/c1-8(2)4-3-5-9(13)10-6-7-11(12)14-10/h6-9H,3-5,13H2,1-2H3. The van der Waals surface area contributed by atoms with Gasteiger partial charge in [0.1, 0.15) is 0 Å². The predicted molar refractivity (Wildman–Crippen MR) is 64.9 cm³/mol. The zero-order valence-electron chi connectivity index (χ0n) is 8.79. The molecular formula is C11H18ClNS. The summed E-state index contributed by atoms with van der Waals surface area (Å²) in [5, 5.41) is 0. The van der Waals surface area contributed by atoms with Gasteiger partial charge in [0.15, 0.2) is 0 Å². The molecule has 0 fully saturated rings. The van der Waals surface area contributed by atoms with E-state index in [1.807, 2.05) is 12.1 Å². The largest absolute Gasteiger partial charge is 0.323 e. The number of thiophene rings is 1. The van der Waals surface area contributed by atoms with Crippen LogP contribution in [0.15, 0.2) is 12.1 Å². The molecule has 0 bridgehead atoms. The Kier molecular flexibility index (Phi) is 4.93. The van der Waals surface area contributed by atoms with Gasteiger partial charge in [0.25, 0.3) is 0 Å². The molecule has 0 aromatic carbocycles. The second-order valence-corrected chi connectivity index (χ2v) is 5.82. The molecule has 0 amide bonds. The first-order valence-electron chi connectivity index (χ1n) is 5.10. The molecule has 0 radical (unpaired) electrons. The summed E-state index contributed by atoms with van der Waals surface area (Å²) in [5.41, 5.74) is 6.05. The zero-order valence-corrected chi connectivity index (χ0v) is 10.4. The van der Waals surface area contributed by atoms with Crippen LogP contribution in [0.2, 0.25) is 4.34 Å². The first-order valence-corrected chi connectivity index (χ1v) is 6.30. The fraction of sp³-hybridized carbons (Fsp3) is 0.636. The van der Waals surface area contributed by atoms with Crippen LogP contribution in [0, 0.1) is 5.92 Å². The van der Waals surface area contributed by atoms with Crippen molar-refractivity contribution in [3.8, 4) is 0 Å². The first-order chi connectivity index (χ1) is 6.59. The van der Waals surface area contributed by atoms with Gasteiger partial charge in [-0.1, -0.05) is 38.3 Å². The monoisotopic (exact) mass is 231 g/mol. The van der Waals surface area contributed by atoms with Gasteiger partial charge < -0.3 is 5.73 Å². The zero-order chi connectivity index (χ0) is 10.6. The Morgan fingerprint density at radius 3 is 2.57 bits per heavy atom. The molecule has 2 N–H and O–H groups in total. The number of nitrogens with two attached hydrogens (primary N) is 1. The molecule has 0 aliphatic carbocycles. The lowest BCUT2D eigenvalue weighted by molar-refractivity contribution is 0.508. The minimum absolute atomic E-state index is 0.172. The Balaban J connectivity index is 2.32. The molecule has 14 heavy (non-hydrogen) atoms. The van der Waals surface area contributed by atoms with E-state index in [-0.39, 0.29) is 6.04 Å². The van der Waals surface area contributed by atoms with E-state index < -0.39 is 0 Å². The Bertz CT molecular complexity index is 270. The van der Waals surface area contributed by atoms with Crippen LogP contribution in [-0.4, -0.2) is 0 Å². The minimum Gasteiger partial charge on any atom is -0.323 e. The smallest absolute Gasteiger partial charge is 0.0931 e. The van der Waals surface area contributed by atoms with E-state index >= 15 is 0 Å². The Hall–Kier alpha value is -0.0500. The van der Waals surface area contributed by atoms with Crippen molar-refractivity contribution in [3.63, 3.8) is 0 Å². The van der Waals surface area contributed by atoms with Gasteiger partial charge in [0, 0.05) is 10.9 Å². The maximum atomic E-state index is 6.05. The fourth-order valence-corrected chi connectivity index (χ4v) is 2.51. The van der Waals surface area contributed by atoms with Crippen LogP contribution in [-0.2, 0) is 0 Å². The van der Waals surface area contributed by atoms with E-state index in [9.17, 15) is 0 Å². The molecule has 1 nitrogen and oxygen atoms in total. The SMILES string of the molecule is CC(C)CCCC(N)c1ccc(Cl)s1. The highest BCUT2D eigenvalue weighted by Gasteiger charge is 2.08. The molecule has 0 saturated heterocycles. The van der Waals surface area contributed by atoms with Gasteiger partial charge >= 0.3 is 0 Å². The van der Waals surface area contributed by atoms with Crippen molar-refractivity contribution in [1.29, 1.82) is 0 Å². The van der Waals surface area contributed by atoms with Gasteiger partial charge in [-0.3, -0.25) is 0 Å². The third-order valence-corrected chi connectivity index (χ3v) is 3.62. The fourth-order valence-electron chi connectivity index (χ4n) is 1.42. The molecule has 1 aromatic heterocycles. The molecule has 1 heterocycles. The van der Waals surface area contributed by atoms with Crippen LogP contribution in [0.3, 0.4) is 0 Å². The summed E-state index contributed by atoms with van der Waals surface area (Å²) in [6, 6.07) is 4.13. The molecule has 0 aliphatic heterocycles. The van der Waals surface area contributed by atoms with Crippen molar-refractivity contribution >= 4 is 22.9 Å². The van der Waals surface area contributed by atoms with Crippen molar-refractivity contribution in [2.75, 3.05) is 0 Å². The molecule has 1 rings (SSSR count). The lowest BCUT2D eigenvalue weighted by Gasteiger charge is -2.10. The quantitative estimate of drug-likeness (QED) is 0.807. The van der Waals surface area contributed by atoms with Crippen LogP contribution >= 0.6 is 22.9 Å². The van der Waals surface area contributed by atoms with E-state index in [0.717, 1.165) is 16.7 Å². The summed E-state index contributed by atoms with van der Waals surface area (Å²) in [5.74, 6) is 0.772. The van der Waals surface area contributed by atoms with E-state index in [4.69, 9.17) is 17.3 Å². The molecule has 3 heteroatoms. The van der Waals surface area contributed by atoms with E-state index in [2.05, 4.69) is 13.8 Å². The van der Waals surface area contributed by atoms with Gasteiger partial charge in [-0.05, 0) is 24.5 Å². The van der Waals surface area contributed by atoms with Crippen molar-refractivity contribution in [1.82, 2.24) is 0 Å². The summed E-state index contributed by atoms with van der Waals surface area (Å²) < 4.78 is 0.833. The van der Waals surface area contributed by atoms with Crippen LogP contribution in [0.5, 0.6) is 0 Å². The van der Waals surface area contributed by atoms with Gasteiger partial charge in [0.05, 0.1) is 4.34 Å². The minimum atomic E-state index is 0.172. The second kappa shape index (κ2) is 5.74. The van der Waals surface area contributed by atoms with E-state index in [0.29, 0.717) is 0 Å². The molecule has 0 spiro atoms. The van der Waals surface area contributed by atoms with Crippen molar-refractivity contribution < 1.29 is 0 Å². The normalized spacial score (nSPS) is 13.5. The Labute approximate surface area is 95.3 Å². The number of hydrogen-bond donors (Lipinski definition) is 1. The van der Waals surface area contributed by atoms with Gasteiger partial charge in [0.2, 0.25) is 0 Å². The lowest BCUT2D eigenvalue weighted by atomic mass is 10.0. The molecule has 80 valence electrons. The third-order valence-electron chi connectivity index (χ3n) is 2.26. The summed E-state index contributed by atoms with van der Waals surface area (Å²) >= 11 is 7.45. The highest BCUT2D eigenvalue weighted by atomic mass is 35.5. The molecule has 1 aromatic rings. The van der Waals surface area contributed by atoms with E-state index in [1.54, 1.807) is 11.3 Å². The van der Waals surface area contributed by atoms with E-state index in [1.165, 1.54) is 17.7 Å². The maximum Gasteiger partial charge on any atom is 0.0931 e. The van der Waals surface area contributed by atoms with Crippen LogP contribution in [0.4, 0.5) is 0 Å². The number of rotatable bonds is 5. The van der Waals surface area contributed by atoms with Crippen LogP contribution in [0.25, 0.3) is 0 Å². The topological polar surface area (TPSA) is 26.0 Å². The number of halogens is 1. The average Bonchev–Trinajstić information content (AvgIpc) is 2.51. The second-order valence-electron chi connectivity index (χ2n) is 4.07. The van der Waals surface area contributed by atoms with Gasteiger partial charge in [-0.2, -0.15) is 0 Å². The molecule has 1 atom stereocenters. The van der Waals surface area contributed by atoms with Gasteiger partial charge in [-0.25, -0.2) is 0 Å². The van der Waals surface area contributed by atoms with Crippen molar-refractivity contribution in [2.45, 2.75) is 39.2 Å². The Morgan fingerprint density at radius 2 is 2.07 bits per heavy atom. The van der Waals surface area contributed by atoms with Crippen molar-refractivity contribution in [3.05, 3.63) is 21.3 Å². The number of hydrogen-bond acceptors (Lipinski definition) is 2. The Morgan fingerprint density at radius 1 is 1.36 bits per heavy atom. The summed E-state index contributed by atoms with van der Waals surface area (Å²) in [6.45, 7) is 4.49. The molecule has 1 unspecified atom stereocenters. The summed E-state index contributed by atoms with van der Waals surface area (Å²) in [6.07, 6.45) is 3.52. The van der Waals surface area contributed by atoms with Crippen molar-refractivity contribution in [2.24, 2.45) is 11.7 Å². The summed E-state index contributed by atoms with van der Waals surface area (Å²) in [7, 11) is 0. The van der Waals surface area contributed by atoms with Crippen LogP contribution < -0.4 is 5.73 Å². The molecule has 0 aliphatic rings. The van der Waals surface area contributed by atoms with Gasteiger partial charge in [-0.15, -0.1) is 11.3 Å². The maximum absolute atomic E-state index is 6.05. The third kappa shape index (κ3) is 3.99. The predicted octanol–water partition coefficient (Wildman–Crippen LogP) is 4.23.